The number of nitrogens with zero attached hydrogens (tertiary/aromatic N) is 1. The van der Waals surface area contributed by atoms with E-state index in [4.69, 9.17) is 5.73 Å². The number of benzene rings is 1. The number of halogens is 1. The first-order valence-electron chi connectivity index (χ1n) is 6.93. The smallest absolute Gasteiger partial charge is 0.222 e. The number of piperidine rings is 1. The molecule has 0 spiro atoms. The highest BCUT2D eigenvalue weighted by atomic mass is 79.9. The Balaban J connectivity index is 1.73. The molecule has 1 aliphatic heterocycles. The Labute approximate surface area is 123 Å². The molecule has 1 saturated heterocycles. The maximum absolute atomic E-state index is 12.1. The fourth-order valence-electron chi connectivity index (χ4n) is 2.49. The van der Waals surface area contributed by atoms with Gasteiger partial charge in [0.05, 0.1) is 0 Å². The number of amides is 1. The van der Waals surface area contributed by atoms with Gasteiger partial charge < -0.3 is 10.6 Å². The lowest BCUT2D eigenvalue weighted by atomic mass is 10.0. The van der Waals surface area contributed by atoms with Crippen LogP contribution in [-0.4, -0.2) is 29.9 Å². The van der Waals surface area contributed by atoms with Crippen LogP contribution in [0.25, 0.3) is 0 Å². The van der Waals surface area contributed by atoms with Crippen molar-refractivity contribution in [3.05, 3.63) is 34.3 Å². The van der Waals surface area contributed by atoms with E-state index < -0.39 is 0 Å². The molecule has 2 N–H and O–H groups in total. The first-order chi connectivity index (χ1) is 9.15. The second-order valence-electron chi connectivity index (χ2n) is 5.22. The van der Waals surface area contributed by atoms with Crippen molar-refractivity contribution in [1.82, 2.24) is 4.90 Å². The Bertz CT molecular complexity index is 419. The van der Waals surface area contributed by atoms with Crippen molar-refractivity contribution in [1.29, 1.82) is 0 Å². The highest BCUT2D eigenvalue weighted by Crippen LogP contribution is 2.14. The summed E-state index contributed by atoms with van der Waals surface area (Å²) in [5, 5.41) is 0. The van der Waals surface area contributed by atoms with Crippen molar-refractivity contribution in [2.24, 2.45) is 5.73 Å². The van der Waals surface area contributed by atoms with E-state index >= 15 is 0 Å². The van der Waals surface area contributed by atoms with Crippen LogP contribution in [0.3, 0.4) is 0 Å². The molecule has 19 heavy (non-hydrogen) atoms. The molecule has 2 rings (SSSR count). The van der Waals surface area contributed by atoms with E-state index in [2.05, 4.69) is 28.1 Å². The van der Waals surface area contributed by atoms with Crippen LogP contribution in [0.1, 0.15) is 31.2 Å². The first kappa shape index (κ1) is 14.5. The summed E-state index contributed by atoms with van der Waals surface area (Å²) in [6, 6.07) is 8.46. The third kappa shape index (κ3) is 4.62. The first-order valence-corrected chi connectivity index (χ1v) is 7.72. The summed E-state index contributed by atoms with van der Waals surface area (Å²) in [7, 11) is 0. The molecule has 1 amide bonds. The van der Waals surface area contributed by atoms with Crippen LogP contribution >= 0.6 is 15.9 Å². The Morgan fingerprint density at radius 3 is 2.79 bits per heavy atom. The van der Waals surface area contributed by atoms with E-state index in [1.54, 1.807) is 0 Å². The third-order valence-corrected chi connectivity index (χ3v) is 4.11. The molecule has 4 heteroatoms. The highest BCUT2D eigenvalue weighted by Gasteiger charge is 2.20. The Morgan fingerprint density at radius 1 is 1.37 bits per heavy atom. The Kier molecular flexibility index (Phi) is 5.40. The summed E-state index contributed by atoms with van der Waals surface area (Å²) in [6.07, 6.45) is 4.58. The highest BCUT2D eigenvalue weighted by molar-refractivity contribution is 9.10. The van der Waals surface area contributed by atoms with Crippen molar-refractivity contribution in [3.63, 3.8) is 0 Å². The van der Waals surface area contributed by atoms with Gasteiger partial charge in [-0.1, -0.05) is 28.1 Å². The van der Waals surface area contributed by atoms with Gasteiger partial charge >= 0.3 is 0 Å². The zero-order valence-electron chi connectivity index (χ0n) is 11.1. The lowest BCUT2D eigenvalue weighted by Crippen LogP contribution is -2.45. The predicted octanol–water partition coefficient (Wildman–Crippen LogP) is 2.72. The normalized spacial score (nSPS) is 19.5. The molecule has 104 valence electrons. The van der Waals surface area contributed by atoms with E-state index in [1.807, 2.05) is 17.0 Å². The maximum atomic E-state index is 12.1. The third-order valence-electron chi connectivity index (χ3n) is 3.58. The number of aryl methyl sites for hydroxylation is 1. The molecular formula is C15H21BrN2O. The van der Waals surface area contributed by atoms with Gasteiger partial charge in [-0.2, -0.15) is 0 Å². The predicted molar refractivity (Wildman–Crippen MR) is 80.9 cm³/mol. The minimum atomic E-state index is 0.171. The summed E-state index contributed by atoms with van der Waals surface area (Å²) < 4.78 is 1.09. The number of carbonyl (C=O) groups is 1. The maximum Gasteiger partial charge on any atom is 0.222 e. The molecule has 1 unspecified atom stereocenters. The van der Waals surface area contributed by atoms with Gasteiger partial charge in [0.2, 0.25) is 5.91 Å². The molecule has 1 aliphatic rings. The van der Waals surface area contributed by atoms with Gasteiger partial charge in [0.15, 0.2) is 0 Å². The standard InChI is InChI=1S/C15H21BrN2O/c16-13-8-6-12(7-9-13)3-1-5-15(19)18-10-2-4-14(17)11-18/h6-9,14H,1-5,10-11,17H2. The van der Waals surface area contributed by atoms with Crippen LogP contribution < -0.4 is 5.73 Å². The monoisotopic (exact) mass is 324 g/mol. The van der Waals surface area contributed by atoms with Crippen LogP contribution in [0.4, 0.5) is 0 Å². The van der Waals surface area contributed by atoms with Crippen LogP contribution in [0.2, 0.25) is 0 Å². The fraction of sp³-hybridized carbons (Fsp3) is 0.533. The number of rotatable bonds is 4. The topological polar surface area (TPSA) is 46.3 Å². The Morgan fingerprint density at radius 2 is 2.11 bits per heavy atom. The average molecular weight is 325 g/mol. The molecule has 1 heterocycles. The molecule has 0 aliphatic carbocycles. The van der Waals surface area contributed by atoms with Crippen LogP contribution in [-0.2, 0) is 11.2 Å². The molecule has 0 bridgehead atoms. The van der Waals surface area contributed by atoms with Crippen molar-refractivity contribution in [3.8, 4) is 0 Å². The molecule has 1 aromatic rings. The van der Waals surface area contributed by atoms with Crippen molar-refractivity contribution >= 4 is 21.8 Å². The molecule has 1 atom stereocenters. The van der Waals surface area contributed by atoms with E-state index in [1.165, 1.54) is 5.56 Å². The molecular weight excluding hydrogens is 304 g/mol. The summed E-state index contributed by atoms with van der Waals surface area (Å²) in [6.45, 7) is 1.61. The number of nitrogens with two attached hydrogens (primary N) is 1. The van der Waals surface area contributed by atoms with Crippen LogP contribution in [0, 0.1) is 0 Å². The molecule has 0 radical (unpaired) electrons. The van der Waals surface area contributed by atoms with Gasteiger partial charge in [-0.05, 0) is 43.4 Å². The number of hydrogen-bond acceptors (Lipinski definition) is 2. The van der Waals surface area contributed by atoms with Crippen molar-refractivity contribution in [2.75, 3.05) is 13.1 Å². The fourth-order valence-corrected chi connectivity index (χ4v) is 2.75. The minimum Gasteiger partial charge on any atom is -0.341 e. The summed E-state index contributed by atoms with van der Waals surface area (Å²) in [5.74, 6) is 0.257. The van der Waals surface area contributed by atoms with E-state index in [0.717, 1.165) is 43.2 Å². The molecule has 0 saturated carbocycles. The number of carbonyl (C=O) groups excluding carboxylic acids is 1. The molecule has 1 fully saturated rings. The minimum absolute atomic E-state index is 0.171. The summed E-state index contributed by atoms with van der Waals surface area (Å²) in [4.78, 5) is 14.0. The Hall–Kier alpha value is -0.870. The SMILES string of the molecule is NC1CCCN(C(=O)CCCc2ccc(Br)cc2)C1. The summed E-state index contributed by atoms with van der Waals surface area (Å²) >= 11 is 3.42. The average Bonchev–Trinajstić information content (AvgIpc) is 2.41. The van der Waals surface area contributed by atoms with Gasteiger partial charge in [0.1, 0.15) is 0 Å². The zero-order chi connectivity index (χ0) is 13.7. The summed E-state index contributed by atoms with van der Waals surface area (Å²) in [5.41, 5.74) is 7.18. The lowest BCUT2D eigenvalue weighted by Gasteiger charge is -2.30. The second-order valence-corrected chi connectivity index (χ2v) is 6.14. The molecule has 0 aromatic heterocycles. The molecule has 3 nitrogen and oxygen atoms in total. The quantitative estimate of drug-likeness (QED) is 0.925. The van der Waals surface area contributed by atoms with Gasteiger partial charge in [-0.25, -0.2) is 0 Å². The zero-order valence-corrected chi connectivity index (χ0v) is 12.7. The van der Waals surface area contributed by atoms with E-state index in [9.17, 15) is 4.79 Å². The van der Waals surface area contributed by atoms with Crippen molar-refractivity contribution in [2.45, 2.75) is 38.1 Å². The largest absolute Gasteiger partial charge is 0.341 e. The van der Waals surface area contributed by atoms with Gasteiger partial charge in [-0.15, -0.1) is 0 Å². The van der Waals surface area contributed by atoms with E-state index in [0.29, 0.717) is 6.42 Å². The van der Waals surface area contributed by atoms with Crippen LogP contribution in [0.5, 0.6) is 0 Å². The number of likely N-dealkylation sites (tertiary alicyclic amines) is 1. The lowest BCUT2D eigenvalue weighted by molar-refractivity contribution is -0.132. The van der Waals surface area contributed by atoms with Gasteiger partial charge in [0.25, 0.3) is 0 Å². The second kappa shape index (κ2) is 7.06. The van der Waals surface area contributed by atoms with Gasteiger partial charge in [0, 0.05) is 30.0 Å². The number of hydrogen-bond donors (Lipinski definition) is 1. The molecule has 1 aromatic carbocycles. The van der Waals surface area contributed by atoms with E-state index in [-0.39, 0.29) is 11.9 Å². The van der Waals surface area contributed by atoms with Gasteiger partial charge in [-0.3, -0.25) is 4.79 Å². The van der Waals surface area contributed by atoms with Crippen LogP contribution in [0.15, 0.2) is 28.7 Å². The van der Waals surface area contributed by atoms with Crippen molar-refractivity contribution < 1.29 is 4.79 Å².